The number of morpholine rings is 1. The van der Waals surface area contributed by atoms with Gasteiger partial charge in [0, 0.05) is 25.2 Å². The standard InChI is InChI=1S/C17H20N2O3.ClH/c20-17(14-5-2-1-3-6-14)18-13-15(16-7-4-10-22-16)19-8-11-21-12-9-19;/h1-7,10,15H,8-9,11-13H2,(H,18,20);1H. The van der Waals surface area contributed by atoms with Gasteiger partial charge in [0.15, 0.2) is 0 Å². The van der Waals surface area contributed by atoms with Crippen molar-refractivity contribution in [3.05, 3.63) is 60.1 Å². The van der Waals surface area contributed by atoms with Crippen molar-refractivity contribution in [1.82, 2.24) is 10.2 Å². The van der Waals surface area contributed by atoms with Crippen LogP contribution in [0, 0.1) is 0 Å². The number of amides is 1. The van der Waals surface area contributed by atoms with Crippen LogP contribution in [0.1, 0.15) is 22.2 Å². The van der Waals surface area contributed by atoms with Crippen LogP contribution in [-0.2, 0) is 4.74 Å². The molecule has 1 amide bonds. The number of hydrogen-bond acceptors (Lipinski definition) is 4. The number of benzene rings is 1. The predicted octanol–water partition coefficient (Wildman–Crippen LogP) is 2.50. The number of rotatable bonds is 5. The van der Waals surface area contributed by atoms with Crippen LogP contribution >= 0.6 is 12.4 Å². The second kappa shape index (κ2) is 8.72. The smallest absolute Gasteiger partial charge is 0.251 e. The molecule has 0 radical (unpaired) electrons. The minimum Gasteiger partial charge on any atom is -0.468 e. The Labute approximate surface area is 142 Å². The van der Waals surface area contributed by atoms with Crippen LogP contribution in [-0.4, -0.2) is 43.7 Å². The lowest BCUT2D eigenvalue weighted by Crippen LogP contribution is -2.43. The van der Waals surface area contributed by atoms with E-state index in [1.807, 2.05) is 42.5 Å². The van der Waals surface area contributed by atoms with Crippen molar-refractivity contribution in [3.8, 4) is 0 Å². The highest BCUT2D eigenvalue weighted by atomic mass is 35.5. The maximum Gasteiger partial charge on any atom is 0.251 e. The quantitative estimate of drug-likeness (QED) is 0.911. The lowest BCUT2D eigenvalue weighted by molar-refractivity contribution is 0.0118. The number of nitrogens with one attached hydrogen (secondary N) is 1. The summed E-state index contributed by atoms with van der Waals surface area (Å²) in [6.07, 6.45) is 1.67. The van der Waals surface area contributed by atoms with Crippen LogP contribution in [0.2, 0.25) is 0 Å². The van der Waals surface area contributed by atoms with Gasteiger partial charge in [-0.1, -0.05) is 18.2 Å². The van der Waals surface area contributed by atoms with Crippen LogP contribution in [0.25, 0.3) is 0 Å². The first-order valence-electron chi connectivity index (χ1n) is 7.53. The third kappa shape index (κ3) is 4.58. The molecule has 3 rings (SSSR count). The molecular weight excluding hydrogens is 316 g/mol. The number of carbonyl (C=O) groups excluding carboxylic acids is 1. The van der Waals surface area contributed by atoms with E-state index in [2.05, 4.69) is 10.2 Å². The van der Waals surface area contributed by atoms with Crippen molar-refractivity contribution in [3.63, 3.8) is 0 Å². The first kappa shape index (κ1) is 17.5. The molecule has 0 spiro atoms. The highest BCUT2D eigenvalue weighted by molar-refractivity contribution is 5.94. The van der Waals surface area contributed by atoms with E-state index in [-0.39, 0.29) is 24.4 Å². The van der Waals surface area contributed by atoms with Crippen molar-refractivity contribution >= 4 is 18.3 Å². The zero-order chi connectivity index (χ0) is 15.2. The summed E-state index contributed by atoms with van der Waals surface area (Å²) in [5.41, 5.74) is 0.669. The van der Waals surface area contributed by atoms with Gasteiger partial charge in [0.1, 0.15) is 5.76 Å². The van der Waals surface area contributed by atoms with Gasteiger partial charge in [0.2, 0.25) is 0 Å². The molecule has 2 aromatic rings. The SMILES string of the molecule is Cl.O=C(NCC(c1ccco1)N1CCOCC1)c1ccccc1. The first-order chi connectivity index (χ1) is 10.8. The third-order valence-electron chi connectivity index (χ3n) is 3.85. The summed E-state index contributed by atoms with van der Waals surface area (Å²) >= 11 is 0. The maximum atomic E-state index is 12.2. The largest absolute Gasteiger partial charge is 0.468 e. The molecule has 124 valence electrons. The Morgan fingerprint density at radius 3 is 2.52 bits per heavy atom. The summed E-state index contributed by atoms with van der Waals surface area (Å²) in [6, 6.07) is 13.1. The highest BCUT2D eigenvalue weighted by Crippen LogP contribution is 2.21. The molecule has 5 nitrogen and oxygen atoms in total. The predicted molar refractivity (Wildman–Crippen MR) is 89.9 cm³/mol. The molecular formula is C17H21ClN2O3. The number of halogens is 1. The van der Waals surface area contributed by atoms with Crippen molar-refractivity contribution in [2.24, 2.45) is 0 Å². The monoisotopic (exact) mass is 336 g/mol. The van der Waals surface area contributed by atoms with Gasteiger partial charge in [-0.25, -0.2) is 0 Å². The molecule has 0 bridgehead atoms. The normalized spacial score (nSPS) is 16.3. The highest BCUT2D eigenvalue weighted by Gasteiger charge is 2.25. The first-order valence-corrected chi connectivity index (χ1v) is 7.53. The average Bonchev–Trinajstić information content (AvgIpc) is 3.11. The summed E-state index contributed by atoms with van der Waals surface area (Å²) in [5, 5.41) is 3.00. The van der Waals surface area contributed by atoms with E-state index >= 15 is 0 Å². The van der Waals surface area contributed by atoms with E-state index in [4.69, 9.17) is 9.15 Å². The number of ether oxygens (including phenoxy) is 1. The Balaban J connectivity index is 0.00000192. The molecule has 6 heteroatoms. The molecule has 2 heterocycles. The molecule has 1 atom stereocenters. The molecule has 1 aromatic heterocycles. The Bertz CT molecular complexity index is 583. The lowest BCUT2D eigenvalue weighted by atomic mass is 10.1. The van der Waals surface area contributed by atoms with Crippen molar-refractivity contribution < 1.29 is 13.9 Å². The number of nitrogens with zero attached hydrogens (tertiary/aromatic N) is 1. The zero-order valence-electron chi connectivity index (χ0n) is 12.8. The minimum absolute atomic E-state index is 0. The molecule has 1 unspecified atom stereocenters. The van der Waals surface area contributed by atoms with Gasteiger partial charge in [0.25, 0.3) is 5.91 Å². The Kier molecular flexibility index (Phi) is 6.65. The molecule has 23 heavy (non-hydrogen) atoms. The minimum atomic E-state index is -0.0644. The lowest BCUT2D eigenvalue weighted by Gasteiger charge is -2.33. The van der Waals surface area contributed by atoms with Gasteiger partial charge in [-0.2, -0.15) is 0 Å². The van der Waals surface area contributed by atoms with E-state index in [0.717, 1.165) is 18.8 Å². The molecule has 1 fully saturated rings. The van der Waals surface area contributed by atoms with Crippen molar-refractivity contribution in [2.45, 2.75) is 6.04 Å². The van der Waals surface area contributed by atoms with Crippen LogP contribution < -0.4 is 5.32 Å². The fourth-order valence-corrected chi connectivity index (χ4v) is 2.66. The van der Waals surface area contributed by atoms with Crippen molar-refractivity contribution in [1.29, 1.82) is 0 Å². The number of hydrogen-bond donors (Lipinski definition) is 1. The Morgan fingerprint density at radius 2 is 1.87 bits per heavy atom. The molecule has 1 aromatic carbocycles. The molecule has 0 saturated carbocycles. The summed E-state index contributed by atoms with van der Waals surface area (Å²) in [4.78, 5) is 14.5. The Morgan fingerprint density at radius 1 is 1.13 bits per heavy atom. The van der Waals surface area contributed by atoms with Gasteiger partial charge in [-0.05, 0) is 24.3 Å². The third-order valence-corrected chi connectivity index (χ3v) is 3.85. The van der Waals surface area contributed by atoms with E-state index in [1.165, 1.54) is 0 Å². The molecule has 1 aliphatic heterocycles. The fourth-order valence-electron chi connectivity index (χ4n) is 2.66. The zero-order valence-corrected chi connectivity index (χ0v) is 13.6. The summed E-state index contributed by atoms with van der Waals surface area (Å²) in [6.45, 7) is 3.62. The average molecular weight is 337 g/mol. The number of furan rings is 1. The molecule has 1 N–H and O–H groups in total. The Hall–Kier alpha value is -1.82. The van der Waals surface area contributed by atoms with E-state index in [9.17, 15) is 4.79 Å². The van der Waals surface area contributed by atoms with E-state index < -0.39 is 0 Å². The van der Waals surface area contributed by atoms with E-state index in [0.29, 0.717) is 25.3 Å². The van der Waals surface area contributed by atoms with Gasteiger partial charge in [-0.15, -0.1) is 12.4 Å². The van der Waals surface area contributed by atoms with Crippen LogP contribution in [0.5, 0.6) is 0 Å². The van der Waals surface area contributed by atoms with Crippen LogP contribution in [0.15, 0.2) is 53.1 Å². The second-order valence-electron chi connectivity index (χ2n) is 5.26. The topological polar surface area (TPSA) is 54.7 Å². The maximum absolute atomic E-state index is 12.2. The fraction of sp³-hybridized carbons (Fsp3) is 0.353. The summed E-state index contributed by atoms with van der Waals surface area (Å²) < 4.78 is 11.0. The second-order valence-corrected chi connectivity index (χ2v) is 5.26. The van der Waals surface area contributed by atoms with Gasteiger partial charge < -0.3 is 14.5 Å². The number of carbonyl (C=O) groups is 1. The van der Waals surface area contributed by atoms with E-state index in [1.54, 1.807) is 6.26 Å². The van der Waals surface area contributed by atoms with Gasteiger partial charge >= 0.3 is 0 Å². The van der Waals surface area contributed by atoms with Crippen molar-refractivity contribution in [2.75, 3.05) is 32.8 Å². The van der Waals surface area contributed by atoms with Gasteiger partial charge in [0.05, 0.1) is 25.5 Å². The van der Waals surface area contributed by atoms with Crippen LogP contribution in [0.4, 0.5) is 0 Å². The molecule has 1 saturated heterocycles. The molecule has 1 aliphatic rings. The summed E-state index contributed by atoms with van der Waals surface area (Å²) in [7, 11) is 0. The van der Waals surface area contributed by atoms with Crippen LogP contribution in [0.3, 0.4) is 0 Å². The molecule has 0 aliphatic carbocycles. The van der Waals surface area contributed by atoms with Gasteiger partial charge in [-0.3, -0.25) is 9.69 Å². The summed E-state index contributed by atoms with van der Waals surface area (Å²) in [5.74, 6) is 0.806.